The normalized spacial score (nSPS) is 26.6. The van der Waals surface area contributed by atoms with E-state index in [1.807, 2.05) is 0 Å². The molecule has 2 aliphatic rings. The number of non-ortho nitro benzene ring substituents is 1. The summed E-state index contributed by atoms with van der Waals surface area (Å²) in [4.78, 5) is 22.4. The molecule has 2 N–H and O–H groups in total. The van der Waals surface area contributed by atoms with Crippen LogP contribution in [0.2, 0.25) is 0 Å². The summed E-state index contributed by atoms with van der Waals surface area (Å²) >= 11 is 0. The number of amides is 1. The highest BCUT2D eigenvalue weighted by Gasteiger charge is 2.34. The molecule has 0 aromatic heterocycles. The van der Waals surface area contributed by atoms with E-state index in [1.165, 1.54) is 25.0 Å². The summed E-state index contributed by atoms with van der Waals surface area (Å²) < 4.78 is 0. The maximum Gasteiger partial charge on any atom is 0.269 e. The molecule has 0 aliphatic carbocycles. The van der Waals surface area contributed by atoms with Gasteiger partial charge in [0.25, 0.3) is 5.69 Å². The van der Waals surface area contributed by atoms with Gasteiger partial charge in [-0.15, -0.1) is 0 Å². The molecule has 2 saturated heterocycles. The molecule has 0 saturated carbocycles. The number of nitrogens with one attached hydrogen (secondary N) is 2. The Kier molecular flexibility index (Phi) is 4.38. The van der Waals surface area contributed by atoms with Gasteiger partial charge in [0.05, 0.1) is 4.92 Å². The number of carbonyl (C=O) groups is 1. The quantitative estimate of drug-likeness (QED) is 0.644. The lowest BCUT2D eigenvalue weighted by Gasteiger charge is -2.28. The number of carbonyl (C=O) groups excluding carboxylic acids is 1. The maximum absolute atomic E-state index is 12.1. The summed E-state index contributed by atoms with van der Waals surface area (Å²) in [5.41, 5.74) is 0.814. The summed E-state index contributed by atoms with van der Waals surface area (Å²) in [6.07, 6.45) is 5.19. The largest absolute Gasteiger partial charge is 0.352 e. The number of nitrogens with zero attached hydrogens (tertiary/aromatic N) is 1. The third-order valence-corrected chi connectivity index (χ3v) is 4.66. The van der Waals surface area contributed by atoms with Crippen LogP contribution in [0.5, 0.6) is 0 Å². The number of fused-ring (bicyclic) bond motifs is 2. The van der Waals surface area contributed by atoms with Gasteiger partial charge in [-0.3, -0.25) is 14.9 Å². The first kappa shape index (κ1) is 15.0. The number of hydrogen-bond acceptors (Lipinski definition) is 4. The molecule has 118 valence electrons. The van der Waals surface area contributed by atoms with Crippen molar-refractivity contribution in [3.8, 4) is 0 Å². The molecule has 0 radical (unpaired) electrons. The van der Waals surface area contributed by atoms with Gasteiger partial charge in [-0.05, 0) is 37.2 Å². The molecule has 1 aromatic carbocycles. The van der Waals surface area contributed by atoms with Crippen LogP contribution in [0.25, 0.3) is 0 Å². The van der Waals surface area contributed by atoms with Crippen LogP contribution in [0.15, 0.2) is 24.3 Å². The third kappa shape index (κ3) is 3.62. The molecular formula is C16H21N3O3. The van der Waals surface area contributed by atoms with Gasteiger partial charge in [-0.25, -0.2) is 0 Å². The van der Waals surface area contributed by atoms with E-state index in [-0.39, 0.29) is 11.6 Å². The van der Waals surface area contributed by atoms with Crippen molar-refractivity contribution >= 4 is 11.6 Å². The molecule has 1 amide bonds. The molecular weight excluding hydrogens is 282 g/mol. The van der Waals surface area contributed by atoms with Crippen molar-refractivity contribution in [2.45, 2.75) is 50.7 Å². The Morgan fingerprint density at radius 1 is 1.32 bits per heavy atom. The van der Waals surface area contributed by atoms with Crippen LogP contribution < -0.4 is 10.6 Å². The Labute approximate surface area is 129 Å². The Balaban J connectivity index is 1.48. The molecule has 1 aromatic rings. The third-order valence-electron chi connectivity index (χ3n) is 4.66. The van der Waals surface area contributed by atoms with Crippen molar-refractivity contribution in [3.63, 3.8) is 0 Å². The number of hydrogen-bond donors (Lipinski definition) is 2. The number of piperidine rings is 1. The summed E-state index contributed by atoms with van der Waals surface area (Å²) in [6, 6.07) is 7.57. The van der Waals surface area contributed by atoms with Crippen molar-refractivity contribution in [1.82, 2.24) is 10.6 Å². The second-order valence-corrected chi connectivity index (χ2v) is 6.38. The van der Waals surface area contributed by atoms with E-state index in [4.69, 9.17) is 0 Å². The lowest BCUT2D eigenvalue weighted by Crippen LogP contribution is -2.39. The number of benzene rings is 1. The smallest absolute Gasteiger partial charge is 0.269 e. The lowest BCUT2D eigenvalue weighted by atomic mass is 9.89. The van der Waals surface area contributed by atoms with Crippen LogP contribution in [-0.2, 0) is 11.3 Å². The van der Waals surface area contributed by atoms with Gasteiger partial charge in [0.1, 0.15) is 0 Å². The van der Waals surface area contributed by atoms with E-state index in [1.54, 1.807) is 12.1 Å². The van der Waals surface area contributed by atoms with Gasteiger partial charge in [0.15, 0.2) is 0 Å². The summed E-state index contributed by atoms with van der Waals surface area (Å²) in [6.45, 7) is 0.346. The van der Waals surface area contributed by atoms with Crippen molar-refractivity contribution < 1.29 is 9.72 Å². The SMILES string of the molecule is O=C(CC1C[C@H]2CC[C@@H](C1)N2)NCc1cccc([N+](=O)[O-])c1. The molecule has 2 heterocycles. The van der Waals surface area contributed by atoms with Gasteiger partial charge in [-0.1, -0.05) is 12.1 Å². The minimum absolute atomic E-state index is 0.0396. The van der Waals surface area contributed by atoms with Crippen LogP contribution in [0.4, 0.5) is 5.69 Å². The average Bonchev–Trinajstić information content (AvgIpc) is 2.84. The Hall–Kier alpha value is -1.95. The van der Waals surface area contributed by atoms with Gasteiger partial charge in [-0.2, -0.15) is 0 Å². The van der Waals surface area contributed by atoms with Crippen molar-refractivity contribution in [2.75, 3.05) is 0 Å². The van der Waals surface area contributed by atoms with Gasteiger partial charge in [0.2, 0.25) is 5.91 Å². The first-order valence-electron chi connectivity index (χ1n) is 7.86. The maximum atomic E-state index is 12.1. The topological polar surface area (TPSA) is 84.3 Å². The predicted octanol–water partition coefficient (Wildman–Crippen LogP) is 2.13. The second kappa shape index (κ2) is 6.44. The number of nitro benzene ring substituents is 1. The zero-order chi connectivity index (χ0) is 15.5. The van der Waals surface area contributed by atoms with Crippen LogP contribution in [0.3, 0.4) is 0 Å². The van der Waals surface area contributed by atoms with E-state index in [0.717, 1.165) is 18.4 Å². The average molecular weight is 303 g/mol. The van der Waals surface area contributed by atoms with E-state index >= 15 is 0 Å². The zero-order valence-corrected chi connectivity index (χ0v) is 12.5. The monoisotopic (exact) mass is 303 g/mol. The first-order chi connectivity index (χ1) is 10.6. The van der Waals surface area contributed by atoms with Gasteiger partial charge in [0, 0.05) is 37.2 Å². The van der Waals surface area contributed by atoms with E-state index in [2.05, 4.69) is 10.6 Å². The Morgan fingerprint density at radius 2 is 2.05 bits per heavy atom. The molecule has 6 heteroatoms. The highest BCUT2D eigenvalue weighted by atomic mass is 16.6. The molecule has 0 spiro atoms. The van der Waals surface area contributed by atoms with Gasteiger partial charge >= 0.3 is 0 Å². The molecule has 2 bridgehead atoms. The second-order valence-electron chi connectivity index (χ2n) is 6.38. The molecule has 2 aliphatic heterocycles. The molecule has 6 nitrogen and oxygen atoms in total. The Morgan fingerprint density at radius 3 is 2.73 bits per heavy atom. The first-order valence-corrected chi connectivity index (χ1v) is 7.86. The van der Waals surface area contributed by atoms with Crippen LogP contribution >= 0.6 is 0 Å². The van der Waals surface area contributed by atoms with E-state index in [0.29, 0.717) is 31.0 Å². The van der Waals surface area contributed by atoms with Crippen LogP contribution in [0, 0.1) is 16.0 Å². The van der Waals surface area contributed by atoms with Crippen molar-refractivity contribution in [2.24, 2.45) is 5.92 Å². The summed E-state index contributed by atoms with van der Waals surface area (Å²) in [7, 11) is 0. The van der Waals surface area contributed by atoms with Crippen LogP contribution in [0.1, 0.15) is 37.7 Å². The van der Waals surface area contributed by atoms with Gasteiger partial charge < -0.3 is 10.6 Å². The molecule has 2 fully saturated rings. The molecule has 22 heavy (non-hydrogen) atoms. The fourth-order valence-corrected chi connectivity index (χ4v) is 3.66. The minimum atomic E-state index is -0.421. The highest BCUT2D eigenvalue weighted by Crippen LogP contribution is 2.32. The van der Waals surface area contributed by atoms with E-state index in [9.17, 15) is 14.9 Å². The predicted molar refractivity (Wildman–Crippen MR) is 82.2 cm³/mol. The summed E-state index contributed by atoms with van der Waals surface area (Å²) in [5, 5.41) is 17.2. The highest BCUT2D eigenvalue weighted by molar-refractivity contribution is 5.76. The standard InChI is InChI=1S/C16H21N3O3/c20-16(9-12-6-13-4-5-14(7-12)18-13)17-10-11-2-1-3-15(8-11)19(21)22/h1-3,8,12-14,18H,4-7,9-10H2,(H,17,20)/t12?,13-,14+. The molecule has 3 atom stereocenters. The lowest BCUT2D eigenvalue weighted by molar-refractivity contribution is -0.384. The summed E-state index contributed by atoms with van der Waals surface area (Å²) in [5.74, 6) is 0.502. The minimum Gasteiger partial charge on any atom is -0.352 e. The molecule has 3 rings (SSSR count). The number of rotatable bonds is 5. The van der Waals surface area contributed by atoms with Crippen molar-refractivity contribution in [1.29, 1.82) is 0 Å². The fourth-order valence-electron chi connectivity index (χ4n) is 3.66. The van der Waals surface area contributed by atoms with E-state index < -0.39 is 4.92 Å². The van der Waals surface area contributed by atoms with Crippen molar-refractivity contribution in [3.05, 3.63) is 39.9 Å². The van der Waals surface area contributed by atoms with Crippen LogP contribution in [-0.4, -0.2) is 22.9 Å². The molecule has 1 unspecified atom stereocenters. The number of nitro groups is 1. The zero-order valence-electron chi connectivity index (χ0n) is 12.5. The fraction of sp³-hybridized carbons (Fsp3) is 0.562. The Bertz CT molecular complexity index is 564.